The van der Waals surface area contributed by atoms with Crippen molar-refractivity contribution in [3.8, 4) is 6.07 Å². The smallest absolute Gasteiger partial charge is 0.151 e. The number of nitrogens with zero attached hydrogens (tertiary/aromatic N) is 1. The van der Waals surface area contributed by atoms with Crippen LogP contribution in [0.1, 0.15) is 52.9 Å². The predicted molar refractivity (Wildman–Crippen MR) is 56.6 cm³/mol. The van der Waals surface area contributed by atoms with Crippen LogP contribution in [-0.2, 0) is 0 Å². The molecule has 1 aliphatic rings. The minimum Gasteiger partial charge on any atom is -0.375 e. The third-order valence-electron chi connectivity index (χ3n) is 3.48. The Balaban J connectivity index is 2.63. The van der Waals surface area contributed by atoms with Crippen molar-refractivity contribution in [3.63, 3.8) is 0 Å². The van der Waals surface area contributed by atoms with Crippen LogP contribution in [0, 0.1) is 22.7 Å². The fourth-order valence-corrected chi connectivity index (χ4v) is 2.30. The standard InChI is InChI=1S/C12H21NO/c1-11(2,3)10-5-4-7-12(14,9-13)8-6-10/h10,14H,4-8H2,1-3H3. The average Bonchev–Trinajstić information content (AvgIpc) is 2.27. The highest BCUT2D eigenvalue weighted by atomic mass is 16.3. The first kappa shape index (κ1) is 11.5. The molecule has 0 aromatic carbocycles. The first-order valence-electron chi connectivity index (χ1n) is 5.51. The lowest BCUT2D eigenvalue weighted by atomic mass is 9.76. The van der Waals surface area contributed by atoms with E-state index in [1.165, 1.54) is 0 Å². The summed E-state index contributed by atoms with van der Waals surface area (Å²) >= 11 is 0. The van der Waals surface area contributed by atoms with Crippen molar-refractivity contribution in [2.45, 2.75) is 58.5 Å². The minimum atomic E-state index is -1.04. The summed E-state index contributed by atoms with van der Waals surface area (Å²) in [6, 6.07) is 2.05. The van der Waals surface area contributed by atoms with Crippen molar-refractivity contribution >= 4 is 0 Å². The third kappa shape index (κ3) is 2.72. The first-order chi connectivity index (χ1) is 6.37. The Morgan fingerprint density at radius 2 is 1.93 bits per heavy atom. The van der Waals surface area contributed by atoms with Gasteiger partial charge in [0, 0.05) is 0 Å². The van der Waals surface area contributed by atoms with Crippen LogP contribution in [-0.4, -0.2) is 10.7 Å². The molecule has 2 unspecified atom stereocenters. The van der Waals surface area contributed by atoms with Crippen LogP contribution < -0.4 is 0 Å². The topological polar surface area (TPSA) is 44.0 Å². The van der Waals surface area contributed by atoms with E-state index in [9.17, 15) is 5.11 Å². The number of rotatable bonds is 0. The molecule has 80 valence electrons. The Morgan fingerprint density at radius 3 is 2.43 bits per heavy atom. The van der Waals surface area contributed by atoms with Gasteiger partial charge in [0.1, 0.15) is 0 Å². The van der Waals surface area contributed by atoms with E-state index in [2.05, 4.69) is 20.8 Å². The van der Waals surface area contributed by atoms with Gasteiger partial charge in [-0.15, -0.1) is 0 Å². The quantitative estimate of drug-likeness (QED) is 0.477. The lowest BCUT2D eigenvalue weighted by Gasteiger charge is -2.29. The molecule has 0 aliphatic heterocycles. The molecule has 1 saturated carbocycles. The van der Waals surface area contributed by atoms with Crippen LogP contribution in [0.5, 0.6) is 0 Å². The molecule has 0 amide bonds. The van der Waals surface area contributed by atoms with Gasteiger partial charge in [0.15, 0.2) is 5.60 Å². The Kier molecular flexibility index (Phi) is 3.21. The second-order valence-electron chi connectivity index (χ2n) is 5.64. The molecule has 1 rings (SSSR count). The summed E-state index contributed by atoms with van der Waals surface area (Å²) in [5, 5.41) is 18.7. The van der Waals surface area contributed by atoms with Crippen molar-refractivity contribution in [1.29, 1.82) is 5.26 Å². The third-order valence-corrected chi connectivity index (χ3v) is 3.48. The molecule has 1 N–H and O–H groups in total. The monoisotopic (exact) mass is 195 g/mol. The normalized spacial score (nSPS) is 34.6. The van der Waals surface area contributed by atoms with E-state index < -0.39 is 5.60 Å². The van der Waals surface area contributed by atoms with Crippen molar-refractivity contribution < 1.29 is 5.11 Å². The van der Waals surface area contributed by atoms with Gasteiger partial charge in [-0.25, -0.2) is 0 Å². The van der Waals surface area contributed by atoms with Crippen LogP contribution in [0.15, 0.2) is 0 Å². The van der Waals surface area contributed by atoms with Gasteiger partial charge in [-0.3, -0.25) is 0 Å². The zero-order valence-electron chi connectivity index (χ0n) is 9.51. The lowest BCUT2D eigenvalue weighted by Crippen LogP contribution is -2.26. The molecule has 2 heteroatoms. The molecule has 0 radical (unpaired) electrons. The van der Waals surface area contributed by atoms with Crippen LogP contribution in [0.3, 0.4) is 0 Å². The van der Waals surface area contributed by atoms with Crippen molar-refractivity contribution in [1.82, 2.24) is 0 Å². The molecule has 2 atom stereocenters. The maximum absolute atomic E-state index is 9.88. The minimum absolute atomic E-state index is 0.306. The molecule has 14 heavy (non-hydrogen) atoms. The van der Waals surface area contributed by atoms with Crippen LogP contribution in [0.4, 0.5) is 0 Å². The Labute approximate surface area is 86.9 Å². The Bertz CT molecular complexity index is 236. The van der Waals surface area contributed by atoms with Gasteiger partial charge in [0.25, 0.3) is 0 Å². The summed E-state index contributed by atoms with van der Waals surface area (Å²) in [5.41, 5.74) is -0.735. The molecule has 0 spiro atoms. The van der Waals surface area contributed by atoms with E-state index in [0.717, 1.165) is 19.3 Å². The molecule has 0 aromatic heterocycles. The fourth-order valence-electron chi connectivity index (χ4n) is 2.30. The Hall–Kier alpha value is -0.550. The molecule has 1 aliphatic carbocycles. The summed E-state index contributed by atoms with van der Waals surface area (Å²) in [4.78, 5) is 0. The van der Waals surface area contributed by atoms with E-state index >= 15 is 0 Å². The first-order valence-corrected chi connectivity index (χ1v) is 5.51. The molecule has 0 saturated heterocycles. The van der Waals surface area contributed by atoms with Crippen molar-refractivity contribution in [2.24, 2.45) is 11.3 Å². The van der Waals surface area contributed by atoms with Gasteiger partial charge in [-0.1, -0.05) is 20.8 Å². The highest BCUT2D eigenvalue weighted by molar-refractivity contribution is 5.01. The largest absolute Gasteiger partial charge is 0.375 e. The van der Waals surface area contributed by atoms with Crippen LogP contribution in [0.25, 0.3) is 0 Å². The molecule has 0 heterocycles. The highest BCUT2D eigenvalue weighted by Crippen LogP contribution is 2.39. The fraction of sp³-hybridized carbons (Fsp3) is 0.917. The van der Waals surface area contributed by atoms with Crippen molar-refractivity contribution in [2.75, 3.05) is 0 Å². The van der Waals surface area contributed by atoms with Gasteiger partial charge in [0.2, 0.25) is 0 Å². The van der Waals surface area contributed by atoms with Gasteiger partial charge in [-0.05, 0) is 43.4 Å². The molecule has 2 nitrogen and oxygen atoms in total. The van der Waals surface area contributed by atoms with E-state index in [1.807, 2.05) is 6.07 Å². The maximum Gasteiger partial charge on any atom is 0.151 e. The second-order valence-corrected chi connectivity index (χ2v) is 5.64. The van der Waals surface area contributed by atoms with Gasteiger partial charge < -0.3 is 5.11 Å². The second kappa shape index (κ2) is 3.90. The lowest BCUT2D eigenvalue weighted by molar-refractivity contribution is 0.0785. The summed E-state index contributed by atoms with van der Waals surface area (Å²) in [6.45, 7) is 6.73. The number of hydrogen-bond donors (Lipinski definition) is 1. The summed E-state index contributed by atoms with van der Waals surface area (Å²) < 4.78 is 0. The predicted octanol–water partition coefficient (Wildman–Crippen LogP) is 2.87. The molecular weight excluding hydrogens is 174 g/mol. The van der Waals surface area contributed by atoms with E-state index in [1.54, 1.807) is 0 Å². The summed E-state index contributed by atoms with van der Waals surface area (Å²) in [7, 11) is 0. The van der Waals surface area contributed by atoms with Gasteiger partial charge in [0.05, 0.1) is 6.07 Å². The highest BCUT2D eigenvalue weighted by Gasteiger charge is 2.34. The Morgan fingerprint density at radius 1 is 1.29 bits per heavy atom. The number of aliphatic hydroxyl groups is 1. The van der Waals surface area contributed by atoms with E-state index in [0.29, 0.717) is 24.2 Å². The van der Waals surface area contributed by atoms with Gasteiger partial charge in [-0.2, -0.15) is 5.26 Å². The SMILES string of the molecule is CC(C)(C)C1CCCC(O)(C#N)CC1. The van der Waals surface area contributed by atoms with Crippen LogP contribution >= 0.6 is 0 Å². The van der Waals surface area contributed by atoms with Gasteiger partial charge >= 0.3 is 0 Å². The van der Waals surface area contributed by atoms with E-state index in [-0.39, 0.29) is 0 Å². The molecule has 0 aromatic rings. The zero-order chi connectivity index (χ0) is 10.8. The zero-order valence-corrected chi connectivity index (χ0v) is 9.51. The summed E-state index contributed by atoms with van der Waals surface area (Å²) in [6.07, 6.45) is 4.40. The molecular formula is C12H21NO. The maximum atomic E-state index is 9.88. The van der Waals surface area contributed by atoms with Crippen LogP contribution in [0.2, 0.25) is 0 Å². The average molecular weight is 195 g/mol. The molecule has 1 fully saturated rings. The molecule has 0 bridgehead atoms. The van der Waals surface area contributed by atoms with E-state index in [4.69, 9.17) is 5.26 Å². The van der Waals surface area contributed by atoms with Crippen molar-refractivity contribution in [3.05, 3.63) is 0 Å². The summed E-state index contributed by atoms with van der Waals surface area (Å²) in [5.74, 6) is 0.643. The number of hydrogen-bond acceptors (Lipinski definition) is 2. The number of nitriles is 1.